The van der Waals surface area contributed by atoms with Crippen molar-refractivity contribution in [2.24, 2.45) is 0 Å². The summed E-state index contributed by atoms with van der Waals surface area (Å²) in [5.74, 6) is 16.6. The van der Waals surface area contributed by atoms with E-state index in [9.17, 15) is 10.2 Å². The van der Waals surface area contributed by atoms with Gasteiger partial charge >= 0.3 is 0 Å². The topological polar surface area (TPSA) is 40.5 Å². The number of hydrogen-bond acceptors (Lipinski definition) is 2. The molecule has 0 aliphatic heterocycles. The molecule has 266 valence electrons. The minimum Gasteiger partial charge on any atom is -0.377 e. The van der Waals surface area contributed by atoms with E-state index in [1.54, 1.807) is 6.08 Å². The molecule has 0 aromatic carbocycles. The Balaban J connectivity index is 3.41. The quantitative estimate of drug-likeness (QED) is 0.0444. The summed E-state index contributed by atoms with van der Waals surface area (Å²) in [7, 11) is 0. The zero-order chi connectivity index (χ0) is 34.9. The molecule has 0 amide bonds. The van der Waals surface area contributed by atoms with Crippen molar-refractivity contribution in [3.8, 4) is 48.4 Å². The van der Waals surface area contributed by atoms with Crippen LogP contribution in [-0.2, 0) is 0 Å². The van der Waals surface area contributed by atoms with Crippen molar-refractivity contribution in [1.29, 1.82) is 0 Å². The van der Waals surface area contributed by atoms with Gasteiger partial charge in [-0.3, -0.25) is 0 Å². The van der Waals surface area contributed by atoms with Crippen LogP contribution in [0.2, 0.25) is 0 Å². The van der Waals surface area contributed by atoms with Crippen LogP contribution >= 0.6 is 0 Å². The van der Waals surface area contributed by atoms with Crippen LogP contribution < -0.4 is 0 Å². The zero-order valence-corrected chi connectivity index (χ0v) is 30.6. The van der Waals surface area contributed by atoms with Crippen molar-refractivity contribution in [2.75, 3.05) is 0 Å². The molecule has 0 bridgehead atoms. The number of rotatable bonds is 31. The predicted molar refractivity (Wildman–Crippen MR) is 211 cm³/mol. The van der Waals surface area contributed by atoms with Gasteiger partial charge in [-0.25, -0.2) is 0 Å². The normalized spacial score (nSPS) is 12.6. The van der Waals surface area contributed by atoms with Crippen molar-refractivity contribution in [3.63, 3.8) is 0 Å². The smallest absolute Gasteiger partial charge is 0.176 e. The highest BCUT2D eigenvalue weighted by Crippen LogP contribution is 2.14. The first-order valence-electron chi connectivity index (χ1n) is 19.6. The van der Waals surface area contributed by atoms with Gasteiger partial charge in [0.25, 0.3) is 0 Å². The molecular formula is C46H70O2. The molecule has 0 unspecified atom stereocenters. The first-order chi connectivity index (χ1) is 23.7. The molecule has 0 aromatic rings. The number of hydrogen-bond donors (Lipinski definition) is 2. The standard InChI is InChI=1S/C46H70O2/c1-3-5-6-7-8-9-10-11-12-13-14-15-16-17-18-19-20-21-22-23-24-25-26-27-28-29-30-34-37-40-43-46(48)44-41-38-35-32-31-33-36-39-42-45(47)4-2/h1-2,5-6,21-22,27-28,39,42,45-48H,7-20,23-26,29-38H2/b6-5?,22-21?,28-27?,42-39+/t45-,46-/m1/s1. The number of aliphatic hydroxyl groups excluding tert-OH is 2. The monoisotopic (exact) mass is 655 g/mol. The number of unbranched alkanes of at least 4 members (excludes halogenated alkanes) is 24. The summed E-state index contributed by atoms with van der Waals surface area (Å²) in [5, 5.41) is 19.2. The molecule has 2 N–H and O–H groups in total. The van der Waals surface area contributed by atoms with Crippen LogP contribution in [0.3, 0.4) is 0 Å². The lowest BCUT2D eigenvalue weighted by molar-refractivity contribution is 0.280. The van der Waals surface area contributed by atoms with Gasteiger partial charge in [-0.1, -0.05) is 149 Å². The molecule has 2 nitrogen and oxygen atoms in total. The second-order valence-corrected chi connectivity index (χ2v) is 12.9. The SMILES string of the molecule is C#CC=CCCCCCCCCCCCCCCC=CCCCCC=CCCCCC#C[C@@H](O)C#CCCCCCC/C=C/[C@H](O)C#C. The van der Waals surface area contributed by atoms with E-state index in [4.69, 9.17) is 12.8 Å². The molecule has 0 spiro atoms. The first kappa shape index (κ1) is 45.1. The Morgan fingerprint density at radius 3 is 1.19 bits per heavy atom. The van der Waals surface area contributed by atoms with Gasteiger partial charge in [-0.15, -0.1) is 12.8 Å². The molecule has 0 saturated carbocycles. The number of terminal acetylenes is 2. The van der Waals surface area contributed by atoms with Gasteiger partial charge in [0.1, 0.15) is 6.10 Å². The van der Waals surface area contributed by atoms with Gasteiger partial charge in [-0.05, 0) is 102 Å². The van der Waals surface area contributed by atoms with E-state index < -0.39 is 12.2 Å². The fraction of sp³-hybridized carbons (Fsp3) is 0.652. The van der Waals surface area contributed by atoms with E-state index in [0.717, 1.165) is 70.6 Å². The van der Waals surface area contributed by atoms with Crippen LogP contribution in [0.1, 0.15) is 180 Å². The highest BCUT2D eigenvalue weighted by atomic mass is 16.3. The van der Waals surface area contributed by atoms with Gasteiger partial charge in [0.15, 0.2) is 6.10 Å². The molecule has 0 aromatic heterocycles. The number of allylic oxidation sites excluding steroid dienone is 7. The summed E-state index contributed by atoms with van der Waals surface area (Å²) in [6.07, 6.45) is 59.9. The van der Waals surface area contributed by atoms with Crippen LogP contribution in [0.15, 0.2) is 48.6 Å². The van der Waals surface area contributed by atoms with Crippen LogP contribution in [0, 0.1) is 48.4 Å². The lowest BCUT2D eigenvalue weighted by atomic mass is 10.0. The Hall–Kier alpha value is -2.88. The first-order valence-corrected chi connectivity index (χ1v) is 19.6. The van der Waals surface area contributed by atoms with Gasteiger partial charge < -0.3 is 10.2 Å². The highest BCUT2D eigenvalue weighted by molar-refractivity contribution is 5.19. The van der Waals surface area contributed by atoms with Crippen LogP contribution in [0.25, 0.3) is 0 Å². The summed E-state index contributed by atoms with van der Waals surface area (Å²) in [6.45, 7) is 0. The van der Waals surface area contributed by atoms with Crippen molar-refractivity contribution in [1.82, 2.24) is 0 Å². The van der Waals surface area contributed by atoms with Gasteiger partial charge in [0.05, 0.1) is 0 Å². The molecular weight excluding hydrogens is 585 g/mol. The maximum atomic E-state index is 9.91. The third-order valence-electron chi connectivity index (χ3n) is 8.34. The largest absolute Gasteiger partial charge is 0.377 e. The van der Waals surface area contributed by atoms with Gasteiger partial charge in [0.2, 0.25) is 0 Å². The average molecular weight is 655 g/mol. The molecule has 48 heavy (non-hydrogen) atoms. The Bertz CT molecular complexity index is 1020. The summed E-state index contributed by atoms with van der Waals surface area (Å²) >= 11 is 0. The van der Waals surface area contributed by atoms with Crippen LogP contribution in [0.4, 0.5) is 0 Å². The molecule has 0 aliphatic carbocycles. The van der Waals surface area contributed by atoms with Crippen molar-refractivity contribution in [2.45, 2.75) is 192 Å². The van der Waals surface area contributed by atoms with E-state index >= 15 is 0 Å². The summed E-state index contributed by atoms with van der Waals surface area (Å²) < 4.78 is 0. The van der Waals surface area contributed by atoms with Gasteiger partial charge in [-0.2, -0.15) is 0 Å². The molecule has 0 rings (SSSR count). The Labute approximate surface area is 298 Å². The average Bonchev–Trinajstić information content (AvgIpc) is 3.09. The molecule has 2 heteroatoms. The molecule has 0 saturated heterocycles. The Kier molecular flexibility index (Phi) is 37.9. The van der Waals surface area contributed by atoms with E-state index in [1.807, 2.05) is 12.2 Å². The third kappa shape index (κ3) is 39.3. The molecule has 2 atom stereocenters. The zero-order valence-electron chi connectivity index (χ0n) is 30.6. The number of aliphatic hydroxyl groups is 2. The predicted octanol–water partition coefficient (Wildman–Crippen LogP) is 12.1. The third-order valence-corrected chi connectivity index (χ3v) is 8.34. The maximum Gasteiger partial charge on any atom is 0.176 e. The molecule has 0 aliphatic rings. The lowest BCUT2D eigenvalue weighted by Crippen LogP contribution is -1.97. The van der Waals surface area contributed by atoms with E-state index in [-0.39, 0.29) is 0 Å². The summed E-state index contributed by atoms with van der Waals surface area (Å²) in [5.41, 5.74) is 0. The Morgan fingerprint density at radius 2 is 0.750 bits per heavy atom. The van der Waals surface area contributed by atoms with E-state index in [2.05, 4.69) is 65.9 Å². The second-order valence-electron chi connectivity index (χ2n) is 12.9. The molecule has 0 radical (unpaired) electrons. The second kappa shape index (κ2) is 40.3. The van der Waals surface area contributed by atoms with Crippen molar-refractivity contribution < 1.29 is 10.2 Å². The highest BCUT2D eigenvalue weighted by Gasteiger charge is 1.95. The lowest BCUT2D eigenvalue weighted by Gasteiger charge is -2.02. The van der Waals surface area contributed by atoms with Crippen molar-refractivity contribution in [3.05, 3.63) is 48.6 Å². The van der Waals surface area contributed by atoms with Crippen molar-refractivity contribution >= 4 is 0 Å². The minimum atomic E-state index is -0.831. The van der Waals surface area contributed by atoms with Crippen LogP contribution in [0.5, 0.6) is 0 Å². The molecule has 0 heterocycles. The van der Waals surface area contributed by atoms with Crippen LogP contribution in [-0.4, -0.2) is 22.4 Å². The fourth-order valence-corrected chi connectivity index (χ4v) is 5.40. The molecule has 0 fully saturated rings. The summed E-state index contributed by atoms with van der Waals surface area (Å²) in [6, 6.07) is 0. The van der Waals surface area contributed by atoms with E-state index in [1.165, 1.54) is 109 Å². The van der Waals surface area contributed by atoms with Gasteiger partial charge in [0, 0.05) is 12.8 Å². The maximum absolute atomic E-state index is 9.91. The minimum absolute atomic E-state index is 0.768. The fourth-order valence-electron chi connectivity index (χ4n) is 5.40. The van der Waals surface area contributed by atoms with E-state index in [0.29, 0.717) is 0 Å². The Morgan fingerprint density at radius 1 is 0.417 bits per heavy atom. The summed E-state index contributed by atoms with van der Waals surface area (Å²) in [4.78, 5) is 0.